The topological polar surface area (TPSA) is 81.9 Å². The summed E-state index contributed by atoms with van der Waals surface area (Å²) in [5, 5.41) is 0. The van der Waals surface area contributed by atoms with Gasteiger partial charge < -0.3 is 20.1 Å². The maximum absolute atomic E-state index is 13.0. The van der Waals surface area contributed by atoms with Crippen molar-refractivity contribution < 1.29 is 19.1 Å². The summed E-state index contributed by atoms with van der Waals surface area (Å²) in [6.07, 6.45) is 20.0. The summed E-state index contributed by atoms with van der Waals surface area (Å²) in [5.41, 5.74) is 5.31. The molecular formula is C40H78N2O4. The first kappa shape index (κ1) is 44.6. The number of carbonyl (C=O) groups is 2. The van der Waals surface area contributed by atoms with Gasteiger partial charge in [-0.05, 0) is 97.3 Å². The first-order chi connectivity index (χ1) is 21.3. The number of nitrogens with two attached hydrogens (primary N) is 1. The lowest BCUT2D eigenvalue weighted by Gasteiger charge is -2.39. The molecule has 4 atom stereocenters. The van der Waals surface area contributed by atoms with Crippen LogP contribution >= 0.6 is 0 Å². The maximum Gasteiger partial charge on any atom is 0.311 e. The van der Waals surface area contributed by atoms with E-state index in [4.69, 9.17) is 15.2 Å². The first-order valence-corrected chi connectivity index (χ1v) is 18.8. The molecule has 0 radical (unpaired) electrons. The molecule has 272 valence electrons. The number of esters is 2. The second kappa shape index (κ2) is 23.0. The van der Waals surface area contributed by atoms with Gasteiger partial charge in [0.05, 0.1) is 5.41 Å². The Hall–Kier alpha value is -1.40. The van der Waals surface area contributed by atoms with Gasteiger partial charge in [0.2, 0.25) is 0 Å². The summed E-state index contributed by atoms with van der Waals surface area (Å²) in [4.78, 5) is 27.7. The summed E-state index contributed by atoms with van der Waals surface area (Å²) < 4.78 is 11.8. The number of unbranched alkanes of at least 4 members (excludes halogenated alkanes) is 4. The number of ether oxygens (including phenoxy) is 2. The van der Waals surface area contributed by atoms with Gasteiger partial charge in [0.1, 0.15) is 12.7 Å². The zero-order valence-electron chi connectivity index (χ0n) is 32.6. The average Bonchev–Trinajstić information content (AvgIpc) is 2.91. The predicted octanol–water partition coefficient (Wildman–Crippen LogP) is 10.1. The minimum atomic E-state index is -0.642. The van der Waals surface area contributed by atoms with E-state index in [-0.39, 0.29) is 30.1 Å². The highest BCUT2D eigenvalue weighted by Crippen LogP contribution is 2.37. The van der Waals surface area contributed by atoms with E-state index in [9.17, 15) is 9.59 Å². The lowest BCUT2D eigenvalue weighted by molar-refractivity contribution is -0.157. The van der Waals surface area contributed by atoms with Crippen LogP contribution in [0.5, 0.6) is 0 Å². The Balaban J connectivity index is 5.19. The van der Waals surface area contributed by atoms with Crippen LogP contribution in [0.4, 0.5) is 0 Å². The van der Waals surface area contributed by atoms with E-state index in [1.807, 2.05) is 47.0 Å². The van der Waals surface area contributed by atoms with Gasteiger partial charge in [-0.15, -0.1) is 0 Å². The van der Waals surface area contributed by atoms with Crippen LogP contribution in [0.2, 0.25) is 0 Å². The van der Waals surface area contributed by atoms with Gasteiger partial charge in [0, 0.05) is 17.4 Å². The molecule has 0 bridgehead atoms. The molecule has 46 heavy (non-hydrogen) atoms. The van der Waals surface area contributed by atoms with Crippen LogP contribution in [0.3, 0.4) is 0 Å². The van der Waals surface area contributed by atoms with Crippen molar-refractivity contribution in [2.45, 2.75) is 177 Å². The lowest BCUT2D eigenvalue weighted by atomic mass is 9.73. The smallest absolute Gasteiger partial charge is 0.311 e. The lowest BCUT2D eigenvalue weighted by Crippen LogP contribution is -2.44. The second-order valence-corrected chi connectivity index (χ2v) is 17.0. The molecule has 0 aromatic carbocycles. The number of hydrogen-bond acceptors (Lipinski definition) is 6. The third-order valence-corrected chi connectivity index (χ3v) is 9.36. The van der Waals surface area contributed by atoms with Crippen LogP contribution in [0.15, 0.2) is 12.2 Å². The van der Waals surface area contributed by atoms with Gasteiger partial charge in [-0.3, -0.25) is 9.59 Å². The number of hydrogen-bond donors (Lipinski definition) is 1. The van der Waals surface area contributed by atoms with Gasteiger partial charge in [0.15, 0.2) is 0 Å². The van der Waals surface area contributed by atoms with Crippen LogP contribution in [0.25, 0.3) is 0 Å². The predicted molar refractivity (Wildman–Crippen MR) is 197 cm³/mol. The average molecular weight is 651 g/mol. The number of rotatable bonds is 27. The molecule has 0 aliphatic rings. The van der Waals surface area contributed by atoms with Crippen LogP contribution in [0.1, 0.15) is 166 Å². The van der Waals surface area contributed by atoms with Gasteiger partial charge in [0.25, 0.3) is 0 Å². The summed E-state index contributed by atoms with van der Waals surface area (Å²) in [6, 6.07) is 0. The summed E-state index contributed by atoms with van der Waals surface area (Å²) in [5.74, 6) is 1.50. The Bertz CT molecular complexity index is 846. The highest BCUT2D eigenvalue weighted by Gasteiger charge is 2.37. The van der Waals surface area contributed by atoms with Crippen LogP contribution in [-0.2, 0) is 19.1 Å². The summed E-state index contributed by atoms with van der Waals surface area (Å²) in [7, 11) is 4.05. The second-order valence-electron chi connectivity index (χ2n) is 17.0. The van der Waals surface area contributed by atoms with E-state index in [1.54, 1.807) is 0 Å². The van der Waals surface area contributed by atoms with Gasteiger partial charge >= 0.3 is 11.9 Å². The zero-order chi connectivity index (χ0) is 35.4. The molecule has 6 nitrogen and oxygen atoms in total. The third-order valence-electron chi connectivity index (χ3n) is 9.36. The Morgan fingerprint density at radius 2 is 1.39 bits per heavy atom. The van der Waals surface area contributed by atoms with Gasteiger partial charge in [-0.2, -0.15) is 0 Å². The van der Waals surface area contributed by atoms with Crippen molar-refractivity contribution in [2.24, 2.45) is 34.3 Å². The van der Waals surface area contributed by atoms with Crippen LogP contribution < -0.4 is 5.73 Å². The molecular weight excluding hydrogens is 572 g/mol. The normalized spacial score (nSPS) is 16.1. The van der Waals surface area contributed by atoms with Crippen molar-refractivity contribution in [1.29, 1.82) is 0 Å². The van der Waals surface area contributed by atoms with Gasteiger partial charge in [-0.1, -0.05) is 112 Å². The standard InChI is InChI=1S/C40H78N2O4/c1-13-14-15-16-17-21-33(4)22-18-23-34(5)25-26-35(46-36(43)24-19-28-42(11)12)39(8,9)31-40(10,41)27-20-29-45-37(44)38(6,7)30-32(2)3/h20,27,32-35H,13-19,21-26,28-31,41H2,1-12H3/b27-20+. The molecule has 0 amide bonds. The molecule has 0 aromatic heterocycles. The van der Waals surface area contributed by atoms with E-state index in [0.717, 1.165) is 38.1 Å². The summed E-state index contributed by atoms with van der Waals surface area (Å²) in [6.45, 7) is 22.5. The number of nitrogens with zero attached hydrogens (tertiary/aromatic N) is 1. The highest BCUT2D eigenvalue weighted by molar-refractivity contribution is 5.76. The number of carbonyl (C=O) groups excluding carboxylic acids is 2. The Labute approximate surface area is 286 Å². The molecule has 0 fully saturated rings. The molecule has 0 heterocycles. The minimum Gasteiger partial charge on any atom is -0.462 e. The quantitative estimate of drug-likeness (QED) is 0.0541. The SMILES string of the molecule is CCCCCCCC(C)CCCC(C)CCC(OC(=O)CCCN(C)C)C(C)(C)CC(C)(N)/C=C/COC(=O)C(C)(C)CC(C)C. The van der Waals surface area contributed by atoms with Crippen molar-refractivity contribution >= 4 is 11.9 Å². The third kappa shape index (κ3) is 22.2. The van der Waals surface area contributed by atoms with E-state index >= 15 is 0 Å². The van der Waals surface area contributed by atoms with Crippen molar-refractivity contribution in [3.63, 3.8) is 0 Å². The van der Waals surface area contributed by atoms with E-state index in [2.05, 4.69) is 53.4 Å². The monoisotopic (exact) mass is 651 g/mol. The summed E-state index contributed by atoms with van der Waals surface area (Å²) >= 11 is 0. The fourth-order valence-electron chi connectivity index (χ4n) is 6.90. The fourth-order valence-corrected chi connectivity index (χ4v) is 6.90. The highest BCUT2D eigenvalue weighted by atomic mass is 16.5. The maximum atomic E-state index is 13.0. The van der Waals surface area contributed by atoms with E-state index in [1.165, 1.54) is 57.8 Å². The molecule has 0 aromatic rings. The molecule has 6 heteroatoms. The molecule has 4 unspecified atom stereocenters. The van der Waals surface area contributed by atoms with Gasteiger partial charge in [-0.25, -0.2) is 0 Å². The molecule has 0 spiro atoms. The van der Waals surface area contributed by atoms with Crippen molar-refractivity contribution in [2.75, 3.05) is 27.2 Å². The molecule has 0 aliphatic heterocycles. The molecule has 0 rings (SSSR count). The Morgan fingerprint density at radius 1 is 0.804 bits per heavy atom. The van der Waals surface area contributed by atoms with Crippen molar-refractivity contribution in [3.8, 4) is 0 Å². The largest absolute Gasteiger partial charge is 0.462 e. The zero-order valence-corrected chi connectivity index (χ0v) is 32.6. The van der Waals surface area contributed by atoms with Crippen molar-refractivity contribution in [3.05, 3.63) is 12.2 Å². The molecule has 0 saturated carbocycles. The molecule has 0 aliphatic carbocycles. The minimum absolute atomic E-state index is 0.120. The molecule has 2 N–H and O–H groups in total. The van der Waals surface area contributed by atoms with Crippen LogP contribution in [0, 0.1) is 28.6 Å². The molecule has 0 saturated heterocycles. The van der Waals surface area contributed by atoms with E-state index < -0.39 is 11.0 Å². The van der Waals surface area contributed by atoms with Crippen LogP contribution in [-0.4, -0.2) is 55.7 Å². The first-order valence-electron chi connectivity index (χ1n) is 18.8. The van der Waals surface area contributed by atoms with E-state index in [0.29, 0.717) is 24.7 Å². The Morgan fingerprint density at radius 3 is 1.98 bits per heavy atom. The van der Waals surface area contributed by atoms with Crippen molar-refractivity contribution in [1.82, 2.24) is 4.90 Å². The Kier molecular flexibility index (Phi) is 22.3. The fraction of sp³-hybridized carbons (Fsp3) is 0.900.